The first-order valence-electron chi connectivity index (χ1n) is 9.96. The summed E-state index contributed by atoms with van der Waals surface area (Å²) in [5.41, 5.74) is 6.16. The minimum absolute atomic E-state index is 0.131. The minimum Gasteiger partial charge on any atom is -0.326 e. The average molecular weight is 381 g/mol. The molecule has 2 aliphatic rings. The lowest BCUT2D eigenvalue weighted by molar-refractivity contribution is -0.116. The van der Waals surface area contributed by atoms with Crippen molar-refractivity contribution in [3.63, 3.8) is 0 Å². The van der Waals surface area contributed by atoms with E-state index in [1.807, 2.05) is 11.8 Å². The van der Waals surface area contributed by atoms with Crippen molar-refractivity contribution < 1.29 is 4.79 Å². The molecule has 2 aromatic carbocycles. The first-order chi connectivity index (χ1) is 13.2. The molecule has 1 unspecified atom stereocenters. The second-order valence-corrected chi connectivity index (χ2v) is 8.95. The summed E-state index contributed by atoms with van der Waals surface area (Å²) in [6.07, 6.45) is 2.75. The fourth-order valence-electron chi connectivity index (χ4n) is 4.20. The van der Waals surface area contributed by atoms with Crippen LogP contribution in [0.5, 0.6) is 0 Å². The summed E-state index contributed by atoms with van der Waals surface area (Å²) >= 11 is 2.03. The zero-order valence-corrected chi connectivity index (χ0v) is 16.9. The molecule has 0 bridgehead atoms. The number of hydrogen-bond donors (Lipinski definition) is 1. The summed E-state index contributed by atoms with van der Waals surface area (Å²) < 4.78 is 0. The van der Waals surface area contributed by atoms with Gasteiger partial charge in [-0.05, 0) is 54.0 Å². The van der Waals surface area contributed by atoms with Gasteiger partial charge in [-0.15, -0.1) is 0 Å². The summed E-state index contributed by atoms with van der Waals surface area (Å²) in [7, 11) is 0. The molecule has 0 spiro atoms. The Balaban J connectivity index is 1.39. The molecule has 1 fully saturated rings. The Morgan fingerprint density at radius 2 is 2.00 bits per heavy atom. The van der Waals surface area contributed by atoms with Crippen molar-refractivity contribution in [2.24, 2.45) is 0 Å². The highest BCUT2D eigenvalue weighted by Gasteiger charge is 2.24. The molecule has 1 amide bonds. The van der Waals surface area contributed by atoms with Crippen LogP contribution in [0.3, 0.4) is 0 Å². The Kier molecular flexibility index (Phi) is 5.84. The van der Waals surface area contributed by atoms with E-state index in [0.717, 1.165) is 43.7 Å². The molecule has 1 aliphatic heterocycles. The van der Waals surface area contributed by atoms with Crippen molar-refractivity contribution >= 4 is 23.4 Å². The van der Waals surface area contributed by atoms with Crippen LogP contribution in [0, 0.1) is 6.92 Å². The molecule has 27 heavy (non-hydrogen) atoms. The van der Waals surface area contributed by atoms with Gasteiger partial charge in [-0.2, -0.15) is 11.8 Å². The second kappa shape index (κ2) is 8.49. The fourth-order valence-corrected chi connectivity index (χ4v) is 5.18. The Bertz CT molecular complexity index is 814. The standard InChI is InChI=1S/C23H28N2OS/c1-17-6-7-18(16-25-10-12-27-13-11-25)14-22(17)24-23(26)15-20-9-8-19-4-2-3-5-21(19)20/h2-7,14,20H,8-13,15-16H2,1H3,(H,24,26). The number of aryl methyl sites for hydroxylation is 2. The number of fused-ring (bicyclic) bond motifs is 1. The maximum absolute atomic E-state index is 12.7. The van der Waals surface area contributed by atoms with Crippen molar-refractivity contribution in [1.29, 1.82) is 0 Å². The maximum atomic E-state index is 12.7. The van der Waals surface area contributed by atoms with Gasteiger partial charge in [0.05, 0.1) is 0 Å². The van der Waals surface area contributed by atoms with Crippen molar-refractivity contribution in [1.82, 2.24) is 4.90 Å². The van der Waals surface area contributed by atoms with E-state index in [0.29, 0.717) is 12.3 Å². The molecule has 1 atom stereocenters. The third-order valence-electron chi connectivity index (χ3n) is 5.77. The number of rotatable bonds is 5. The fraction of sp³-hybridized carbons (Fsp3) is 0.435. The molecule has 1 aliphatic carbocycles. The van der Waals surface area contributed by atoms with Gasteiger partial charge in [-0.25, -0.2) is 0 Å². The van der Waals surface area contributed by atoms with E-state index in [1.165, 1.54) is 28.2 Å². The highest BCUT2D eigenvalue weighted by molar-refractivity contribution is 7.99. The second-order valence-electron chi connectivity index (χ2n) is 7.72. The van der Waals surface area contributed by atoms with Crippen molar-refractivity contribution in [2.45, 2.75) is 38.6 Å². The SMILES string of the molecule is Cc1ccc(CN2CCSCC2)cc1NC(=O)CC1CCc2ccccc21. The summed E-state index contributed by atoms with van der Waals surface area (Å²) in [6.45, 7) is 5.35. The van der Waals surface area contributed by atoms with Gasteiger partial charge in [0.1, 0.15) is 0 Å². The largest absolute Gasteiger partial charge is 0.326 e. The highest BCUT2D eigenvalue weighted by atomic mass is 32.2. The number of nitrogens with zero attached hydrogens (tertiary/aromatic N) is 1. The van der Waals surface area contributed by atoms with Gasteiger partial charge < -0.3 is 5.32 Å². The van der Waals surface area contributed by atoms with Crippen LogP contribution in [0.1, 0.15) is 41.0 Å². The third-order valence-corrected chi connectivity index (χ3v) is 6.72. The molecule has 4 rings (SSSR count). The quantitative estimate of drug-likeness (QED) is 0.823. The van der Waals surface area contributed by atoms with Crippen molar-refractivity contribution in [3.8, 4) is 0 Å². The van der Waals surface area contributed by atoms with E-state index in [2.05, 4.69) is 59.6 Å². The summed E-state index contributed by atoms with van der Waals surface area (Å²) in [6, 6.07) is 15.0. The molecule has 2 aromatic rings. The van der Waals surface area contributed by atoms with Crippen LogP contribution in [-0.2, 0) is 17.8 Å². The molecule has 4 heteroatoms. The predicted molar refractivity (Wildman–Crippen MR) is 115 cm³/mol. The molecule has 0 saturated carbocycles. The molecule has 142 valence electrons. The van der Waals surface area contributed by atoms with E-state index in [1.54, 1.807) is 0 Å². The molecular weight excluding hydrogens is 352 g/mol. The van der Waals surface area contributed by atoms with Gasteiger partial charge in [0.15, 0.2) is 0 Å². The molecule has 3 nitrogen and oxygen atoms in total. The van der Waals surface area contributed by atoms with Crippen LogP contribution in [0.4, 0.5) is 5.69 Å². The third kappa shape index (κ3) is 4.56. The molecular formula is C23H28N2OS. The Morgan fingerprint density at radius 1 is 1.19 bits per heavy atom. The van der Waals surface area contributed by atoms with Crippen LogP contribution in [0.15, 0.2) is 42.5 Å². The van der Waals surface area contributed by atoms with Crippen LogP contribution in [0.25, 0.3) is 0 Å². The van der Waals surface area contributed by atoms with E-state index < -0.39 is 0 Å². The molecule has 1 saturated heterocycles. The van der Waals surface area contributed by atoms with Gasteiger partial charge in [0.25, 0.3) is 0 Å². The lowest BCUT2D eigenvalue weighted by Crippen LogP contribution is -2.32. The van der Waals surface area contributed by atoms with Crippen LogP contribution < -0.4 is 5.32 Å². The number of carbonyl (C=O) groups excluding carboxylic acids is 1. The van der Waals surface area contributed by atoms with Gasteiger partial charge in [-0.3, -0.25) is 9.69 Å². The summed E-state index contributed by atoms with van der Waals surface area (Å²) in [5.74, 6) is 2.93. The zero-order valence-electron chi connectivity index (χ0n) is 16.0. The minimum atomic E-state index is 0.131. The van der Waals surface area contributed by atoms with E-state index in [-0.39, 0.29) is 5.91 Å². The Labute approximate surface area is 166 Å². The van der Waals surface area contributed by atoms with Crippen molar-refractivity contribution in [3.05, 3.63) is 64.7 Å². The monoisotopic (exact) mass is 380 g/mol. The van der Waals surface area contributed by atoms with Crippen molar-refractivity contribution in [2.75, 3.05) is 29.9 Å². The van der Waals surface area contributed by atoms with Crippen LogP contribution in [-0.4, -0.2) is 35.4 Å². The van der Waals surface area contributed by atoms with Crippen LogP contribution in [0.2, 0.25) is 0 Å². The lowest BCUT2D eigenvalue weighted by Gasteiger charge is -2.26. The van der Waals surface area contributed by atoms with E-state index in [9.17, 15) is 4.79 Å². The molecule has 0 aromatic heterocycles. The number of hydrogen-bond acceptors (Lipinski definition) is 3. The van der Waals surface area contributed by atoms with Gasteiger partial charge in [-0.1, -0.05) is 36.4 Å². The Morgan fingerprint density at radius 3 is 2.85 bits per heavy atom. The predicted octanol–water partition coefficient (Wildman–Crippen LogP) is 4.60. The first-order valence-corrected chi connectivity index (χ1v) is 11.1. The molecule has 0 radical (unpaired) electrons. The summed E-state index contributed by atoms with van der Waals surface area (Å²) in [4.78, 5) is 15.2. The topological polar surface area (TPSA) is 32.3 Å². The number of nitrogens with one attached hydrogen (secondary N) is 1. The number of carbonyl (C=O) groups is 1. The number of amides is 1. The zero-order chi connectivity index (χ0) is 18.6. The van der Waals surface area contributed by atoms with Gasteiger partial charge in [0, 0.05) is 43.2 Å². The molecule has 1 heterocycles. The maximum Gasteiger partial charge on any atom is 0.224 e. The number of thioether (sulfide) groups is 1. The molecule has 1 N–H and O–H groups in total. The first kappa shape index (κ1) is 18.6. The van der Waals surface area contributed by atoms with E-state index >= 15 is 0 Å². The Hall–Kier alpha value is -1.78. The smallest absolute Gasteiger partial charge is 0.224 e. The highest BCUT2D eigenvalue weighted by Crippen LogP contribution is 2.35. The number of benzene rings is 2. The van der Waals surface area contributed by atoms with E-state index in [4.69, 9.17) is 0 Å². The average Bonchev–Trinajstić information content (AvgIpc) is 3.08. The lowest BCUT2D eigenvalue weighted by atomic mass is 9.97. The van der Waals surface area contributed by atoms with Crippen LogP contribution >= 0.6 is 11.8 Å². The van der Waals surface area contributed by atoms with Gasteiger partial charge in [0.2, 0.25) is 5.91 Å². The number of anilines is 1. The van der Waals surface area contributed by atoms with Gasteiger partial charge >= 0.3 is 0 Å². The summed E-state index contributed by atoms with van der Waals surface area (Å²) in [5, 5.41) is 3.18. The normalized spacial score (nSPS) is 19.7.